The number of benzene rings is 2. The highest BCUT2D eigenvalue weighted by atomic mass is 19.1. The van der Waals surface area contributed by atoms with Gasteiger partial charge in [0.05, 0.1) is 11.1 Å². The first kappa shape index (κ1) is 19.5. The first-order valence-corrected chi connectivity index (χ1v) is 9.02. The predicted molar refractivity (Wildman–Crippen MR) is 104 cm³/mol. The second-order valence-electron chi connectivity index (χ2n) is 6.71. The largest absolute Gasteiger partial charge is 0.452 e. The lowest BCUT2D eigenvalue weighted by Crippen LogP contribution is -2.28. The van der Waals surface area contributed by atoms with E-state index < -0.39 is 24.3 Å². The fourth-order valence-electron chi connectivity index (χ4n) is 2.76. The lowest BCUT2D eigenvalue weighted by atomic mass is 10.0. The molecule has 0 aliphatic carbocycles. The zero-order valence-electron chi connectivity index (χ0n) is 15.7. The minimum Gasteiger partial charge on any atom is -0.452 e. The van der Waals surface area contributed by atoms with Crippen molar-refractivity contribution in [3.05, 3.63) is 77.2 Å². The van der Waals surface area contributed by atoms with Crippen molar-refractivity contribution < 1.29 is 18.7 Å². The number of ether oxygens (including phenoxy) is 1. The molecule has 0 spiro atoms. The molecule has 0 saturated heterocycles. The first-order valence-electron chi connectivity index (χ1n) is 9.02. The van der Waals surface area contributed by atoms with Crippen molar-refractivity contribution in [2.75, 3.05) is 6.61 Å². The number of esters is 1. The van der Waals surface area contributed by atoms with Crippen LogP contribution in [-0.2, 0) is 16.1 Å². The van der Waals surface area contributed by atoms with Gasteiger partial charge in [0.1, 0.15) is 5.82 Å². The molecule has 0 saturated carbocycles. The molecule has 0 aliphatic rings. The van der Waals surface area contributed by atoms with E-state index in [-0.39, 0.29) is 12.5 Å². The zero-order chi connectivity index (χ0) is 20.1. The van der Waals surface area contributed by atoms with Gasteiger partial charge in [-0.1, -0.05) is 50.2 Å². The van der Waals surface area contributed by atoms with Crippen molar-refractivity contribution in [2.45, 2.75) is 26.3 Å². The molecule has 0 radical (unpaired) electrons. The summed E-state index contributed by atoms with van der Waals surface area (Å²) < 4.78 is 18.8. The van der Waals surface area contributed by atoms with Gasteiger partial charge in [-0.15, -0.1) is 0 Å². The molecule has 0 atom stereocenters. The maximum Gasteiger partial charge on any atom is 0.339 e. The highest BCUT2D eigenvalue weighted by molar-refractivity contribution is 6.04. The number of carbonyl (C=O) groups is 2. The molecule has 1 heterocycles. The predicted octanol–water partition coefficient (Wildman–Crippen LogP) is 3.97. The second kappa shape index (κ2) is 8.61. The molecule has 144 valence electrons. The first-order chi connectivity index (χ1) is 13.5. The number of hydrogen-bond acceptors (Lipinski definition) is 4. The fourth-order valence-corrected chi connectivity index (χ4v) is 2.76. The van der Waals surface area contributed by atoms with Crippen LogP contribution in [0.1, 0.15) is 41.4 Å². The third kappa shape index (κ3) is 4.52. The van der Waals surface area contributed by atoms with Gasteiger partial charge in [-0.25, -0.2) is 9.18 Å². The van der Waals surface area contributed by atoms with Crippen molar-refractivity contribution in [3.8, 4) is 0 Å². The summed E-state index contributed by atoms with van der Waals surface area (Å²) in [6.45, 7) is 3.56. The zero-order valence-corrected chi connectivity index (χ0v) is 15.7. The molecule has 1 aromatic heterocycles. The molecular weight excluding hydrogens is 359 g/mol. The van der Waals surface area contributed by atoms with Crippen LogP contribution in [0.5, 0.6) is 0 Å². The summed E-state index contributed by atoms with van der Waals surface area (Å²) in [6, 6.07) is 15.2. The molecule has 3 rings (SSSR count). The van der Waals surface area contributed by atoms with Crippen molar-refractivity contribution >= 4 is 22.8 Å². The summed E-state index contributed by atoms with van der Waals surface area (Å²) in [5.41, 5.74) is 2.21. The van der Waals surface area contributed by atoms with Crippen LogP contribution in [0, 0.1) is 5.82 Å². The number of carbonyl (C=O) groups excluding carboxylic acids is 2. The molecule has 3 aromatic rings. The van der Waals surface area contributed by atoms with E-state index in [0.29, 0.717) is 22.0 Å². The Morgan fingerprint density at radius 2 is 1.82 bits per heavy atom. The molecule has 0 aliphatic heterocycles. The Hall–Kier alpha value is -3.28. The summed E-state index contributed by atoms with van der Waals surface area (Å²) in [4.78, 5) is 29.1. The van der Waals surface area contributed by atoms with E-state index in [2.05, 4.69) is 10.3 Å². The molecule has 5 nitrogen and oxygen atoms in total. The number of nitrogens with one attached hydrogen (secondary N) is 1. The van der Waals surface area contributed by atoms with Crippen molar-refractivity contribution in [1.29, 1.82) is 0 Å². The van der Waals surface area contributed by atoms with Gasteiger partial charge in [0.2, 0.25) is 0 Å². The van der Waals surface area contributed by atoms with Crippen LogP contribution >= 0.6 is 0 Å². The third-order valence-electron chi connectivity index (χ3n) is 4.32. The number of hydrogen-bond donors (Lipinski definition) is 1. The normalized spacial score (nSPS) is 10.9. The Morgan fingerprint density at radius 1 is 1.11 bits per heavy atom. The number of aromatic nitrogens is 1. The number of pyridine rings is 1. The molecule has 1 N–H and O–H groups in total. The molecule has 1 amide bonds. The number of halogens is 1. The molecule has 0 unspecified atom stereocenters. The van der Waals surface area contributed by atoms with Crippen LogP contribution in [0.15, 0.2) is 54.6 Å². The third-order valence-corrected chi connectivity index (χ3v) is 4.32. The number of para-hydroxylation sites is 1. The quantitative estimate of drug-likeness (QED) is 0.657. The van der Waals surface area contributed by atoms with E-state index >= 15 is 0 Å². The Morgan fingerprint density at radius 3 is 2.57 bits per heavy atom. The number of nitrogens with zero attached hydrogens (tertiary/aromatic N) is 1. The molecule has 0 bridgehead atoms. The van der Waals surface area contributed by atoms with Crippen molar-refractivity contribution in [2.24, 2.45) is 0 Å². The maximum absolute atomic E-state index is 13.6. The lowest BCUT2D eigenvalue weighted by Gasteiger charge is -2.12. The average Bonchev–Trinajstić information content (AvgIpc) is 2.70. The van der Waals surface area contributed by atoms with Gasteiger partial charge in [0.15, 0.2) is 6.61 Å². The Bertz CT molecular complexity index is 1020. The number of amides is 1. The van der Waals surface area contributed by atoms with Crippen LogP contribution in [0.25, 0.3) is 10.9 Å². The minimum absolute atomic E-state index is 0.0265. The van der Waals surface area contributed by atoms with Crippen LogP contribution in [0.3, 0.4) is 0 Å². The Kier molecular flexibility index (Phi) is 5.99. The van der Waals surface area contributed by atoms with Crippen molar-refractivity contribution in [3.63, 3.8) is 0 Å². The average molecular weight is 380 g/mol. The van der Waals surface area contributed by atoms with E-state index in [1.807, 2.05) is 32.0 Å². The van der Waals surface area contributed by atoms with Gasteiger partial charge < -0.3 is 10.1 Å². The summed E-state index contributed by atoms with van der Waals surface area (Å²) in [5, 5.41) is 3.21. The van der Waals surface area contributed by atoms with Crippen LogP contribution in [-0.4, -0.2) is 23.5 Å². The van der Waals surface area contributed by atoms with Crippen molar-refractivity contribution in [1.82, 2.24) is 10.3 Å². The minimum atomic E-state index is -0.596. The van der Waals surface area contributed by atoms with E-state index in [0.717, 1.165) is 5.69 Å². The monoisotopic (exact) mass is 380 g/mol. The van der Waals surface area contributed by atoms with E-state index in [1.165, 1.54) is 6.07 Å². The van der Waals surface area contributed by atoms with Crippen LogP contribution in [0.2, 0.25) is 0 Å². The highest BCUT2D eigenvalue weighted by Crippen LogP contribution is 2.23. The molecule has 6 heteroatoms. The van der Waals surface area contributed by atoms with Gasteiger partial charge >= 0.3 is 5.97 Å². The van der Waals surface area contributed by atoms with E-state index in [4.69, 9.17) is 4.74 Å². The van der Waals surface area contributed by atoms with Crippen LogP contribution < -0.4 is 5.32 Å². The summed E-state index contributed by atoms with van der Waals surface area (Å²) in [6.07, 6.45) is 0. The number of fused-ring (bicyclic) bond motifs is 1. The summed E-state index contributed by atoms with van der Waals surface area (Å²) in [5.74, 6) is -1.36. The topological polar surface area (TPSA) is 68.3 Å². The lowest BCUT2D eigenvalue weighted by molar-refractivity contribution is -0.124. The SMILES string of the molecule is CC(C)c1cc(C(=O)OCC(=O)NCc2ccccc2F)c2ccccc2n1. The molecule has 28 heavy (non-hydrogen) atoms. The Labute approximate surface area is 162 Å². The second-order valence-corrected chi connectivity index (χ2v) is 6.71. The number of rotatable bonds is 6. The van der Waals surface area contributed by atoms with E-state index in [9.17, 15) is 14.0 Å². The fraction of sp³-hybridized carbons (Fsp3) is 0.227. The van der Waals surface area contributed by atoms with Gasteiger partial charge in [-0.3, -0.25) is 9.78 Å². The van der Waals surface area contributed by atoms with Gasteiger partial charge in [0.25, 0.3) is 5.91 Å². The van der Waals surface area contributed by atoms with Gasteiger partial charge in [-0.05, 0) is 24.1 Å². The smallest absolute Gasteiger partial charge is 0.339 e. The molecule has 0 fully saturated rings. The molecular formula is C22H21FN2O3. The Balaban J connectivity index is 1.68. The van der Waals surface area contributed by atoms with E-state index in [1.54, 1.807) is 30.3 Å². The van der Waals surface area contributed by atoms with Crippen LogP contribution in [0.4, 0.5) is 4.39 Å². The van der Waals surface area contributed by atoms with Gasteiger partial charge in [0, 0.05) is 23.2 Å². The van der Waals surface area contributed by atoms with Gasteiger partial charge in [-0.2, -0.15) is 0 Å². The summed E-state index contributed by atoms with van der Waals surface area (Å²) >= 11 is 0. The standard InChI is InChI=1S/C22H21FN2O3/c1-14(2)20-11-17(16-8-4-6-10-19(16)25-20)22(27)28-13-21(26)24-12-15-7-3-5-9-18(15)23/h3-11,14H,12-13H2,1-2H3,(H,24,26). The summed E-state index contributed by atoms with van der Waals surface area (Å²) in [7, 11) is 0. The molecule has 2 aromatic carbocycles. The highest BCUT2D eigenvalue weighted by Gasteiger charge is 2.17. The maximum atomic E-state index is 13.6.